The van der Waals surface area contributed by atoms with Gasteiger partial charge in [0.05, 0.1) is 30.3 Å². The summed E-state index contributed by atoms with van der Waals surface area (Å²) in [4.78, 5) is 11.8. The quantitative estimate of drug-likeness (QED) is 0.665. The molecule has 0 saturated carbocycles. The van der Waals surface area contributed by atoms with Gasteiger partial charge < -0.3 is 4.57 Å². The third-order valence-corrected chi connectivity index (χ3v) is 3.20. The lowest BCUT2D eigenvalue weighted by Crippen LogP contribution is -1.99. The number of rotatable bonds is 2. The van der Waals surface area contributed by atoms with Crippen LogP contribution in [0.15, 0.2) is 42.7 Å². The summed E-state index contributed by atoms with van der Waals surface area (Å²) in [6.07, 6.45) is 3.45. The maximum Gasteiger partial charge on any atom is 0.204 e. The highest BCUT2D eigenvalue weighted by molar-refractivity contribution is 6.29. The summed E-state index contributed by atoms with van der Waals surface area (Å²) >= 11 is 6.15. The van der Waals surface area contributed by atoms with E-state index >= 15 is 0 Å². The van der Waals surface area contributed by atoms with Gasteiger partial charge in [0.25, 0.3) is 0 Å². The summed E-state index contributed by atoms with van der Waals surface area (Å²) < 4.78 is 1.90. The largest absolute Gasteiger partial charge is 0.309 e. The van der Waals surface area contributed by atoms with Crippen molar-refractivity contribution in [3.63, 3.8) is 0 Å². The standard InChI is InChI=1S/C14H9ClN4/c1-16-11-4-2-10(3-5-11)9-19-13-8-17-7-6-12(13)18-14(19)15/h2-8H,9H2. The molecule has 0 fully saturated rings. The Morgan fingerprint density at radius 1 is 1.21 bits per heavy atom. The van der Waals surface area contributed by atoms with Crippen LogP contribution in [0.3, 0.4) is 0 Å². The first kappa shape index (κ1) is 11.7. The molecule has 2 heterocycles. The Kier molecular flexibility index (Phi) is 2.90. The first-order valence-electron chi connectivity index (χ1n) is 5.70. The van der Waals surface area contributed by atoms with E-state index in [4.69, 9.17) is 18.2 Å². The van der Waals surface area contributed by atoms with E-state index in [1.807, 2.05) is 22.8 Å². The van der Waals surface area contributed by atoms with E-state index in [-0.39, 0.29) is 0 Å². The molecule has 0 unspecified atom stereocenters. The van der Waals surface area contributed by atoms with Gasteiger partial charge in [0.15, 0.2) is 5.69 Å². The molecule has 3 aromatic rings. The van der Waals surface area contributed by atoms with E-state index in [9.17, 15) is 0 Å². The highest BCUT2D eigenvalue weighted by Gasteiger charge is 2.08. The van der Waals surface area contributed by atoms with Crippen LogP contribution in [-0.2, 0) is 6.54 Å². The maximum absolute atomic E-state index is 6.93. The van der Waals surface area contributed by atoms with Crippen molar-refractivity contribution in [2.24, 2.45) is 0 Å². The van der Waals surface area contributed by atoms with Crippen LogP contribution in [0, 0.1) is 6.57 Å². The zero-order valence-corrected chi connectivity index (χ0v) is 10.7. The Hall–Kier alpha value is -2.38. The minimum Gasteiger partial charge on any atom is -0.309 e. The minimum atomic E-state index is 0.442. The zero-order chi connectivity index (χ0) is 13.2. The van der Waals surface area contributed by atoms with E-state index in [0.717, 1.165) is 16.6 Å². The monoisotopic (exact) mass is 268 g/mol. The van der Waals surface area contributed by atoms with Gasteiger partial charge in [-0.25, -0.2) is 9.83 Å². The SMILES string of the molecule is [C-]#[N+]c1ccc(Cn2c(Cl)nc3ccncc32)cc1. The van der Waals surface area contributed by atoms with E-state index in [1.54, 1.807) is 24.5 Å². The molecule has 0 saturated heterocycles. The second kappa shape index (κ2) is 4.71. The fourth-order valence-corrected chi connectivity index (χ4v) is 2.19. The lowest BCUT2D eigenvalue weighted by atomic mass is 10.2. The molecule has 2 aromatic heterocycles. The van der Waals surface area contributed by atoms with Crippen LogP contribution in [0.25, 0.3) is 15.9 Å². The molecular weight excluding hydrogens is 260 g/mol. The Morgan fingerprint density at radius 2 is 2.00 bits per heavy atom. The molecule has 0 aliphatic rings. The van der Waals surface area contributed by atoms with Crippen molar-refractivity contribution in [3.05, 3.63) is 65.0 Å². The summed E-state index contributed by atoms with van der Waals surface area (Å²) in [5.41, 5.74) is 3.43. The summed E-state index contributed by atoms with van der Waals surface area (Å²) in [6, 6.07) is 9.28. The third kappa shape index (κ3) is 2.16. The number of halogens is 1. The highest BCUT2D eigenvalue weighted by atomic mass is 35.5. The first-order valence-corrected chi connectivity index (χ1v) is 6.08. The Balaban J connectivity index is 2.00. The molecule has 1 aromatic carbocycles. The molecule has 19 heavy (non-hydrogen) atoms. The number of nitrogens with zero attached hydrogens (tertiary/aromatic N) is 4. The Morgan fingerprint density at radius 3 is 2.74 bits per heavy atom. The maximum atomic E-state index is 6.93. The molecule has 92 valence electrons. The van der Waals surface area contributed by atoms with Gasteiger partial charge in [0.2, 0.25) is 5.28 Å². The summed E-state index contributed by atoms with van der Waals surface area (Å²) in [7, 11) is 0. The number of benzene rings is 1. The van der Waals surface area contributed by atoms with E-state index in [2.05, 4.69) is 14.8 Å². The molecule has 5 heteroatoms. The average molecular weight is 269 g/mol. The van der Waals surface area contributed by atoms with Crippen LogP contribution in [0.4, 0.5) is 5.69 Å². The fourth-order valence-electron chi connectivity index (χ4n) is 1.95. The third-order valence-electron chi connectivity index (χ3n) is 2.91. The highest BCUT2D eigenvalue weighted by Crippen LogP contribution is 2.21. The number of fused-ring (bicyclic) bond motifs is 1. The molecule has 3 rings (SSSR count). The number of hydrogen-bond donors (Lipinski definition) is 0. The number of imidazole rings is 1. The van der Waals surface area contributed by atoms with E-state index in [1.165, 1.54) is 0 Å². The number of aromatic nitrogens is 3. The predicted molar refractivity (Wildman–Crippen MR) is 74.3 cm³/mol. The molecule has 0 radical (unpaired) electrons. The van der Waals surface area contributed by atoms with Crippen LogP contribution >= 0.6 is 11.6 Å². The summed E-state index contributed by atoms with van der Waals surface area (Å²) in [5.74, 6) is 0. The van der Waals surface area contributed by atoms with Crippen molar-refractivity contribution in [3.8, 4) is 0 Å². The molecule has 0 aliphatic heterocycles. The van der Waals surface area contributed by atoms with Gasteiger partial charge >= 0.3 is 0 Å². The van der Waals surface area contributed by atoms with Gasteiger partial charge in [-0.1, -0.05) is 24.3 Å². The van der Waals surface area contributed by atoms with Crippen molar-refractivity contribution < 1.29 is 0 Å². The molecule has 0 atom stereocenters. The van der Waals surface area contributed by atoms with Crippen molar-refractivity contribution in [1.82, 2.24) is 14.5 Å². The predicted octanol–water partition coefficient (Wildman–Crippen LogP) is 3.68. The van der Waals surface area contributed by atoms with Gasteiger partial charge in [-0.15, -0.1) is 0 Å². The zero-order valence-electron chi connectivity index (χ0n) is 9.92. The number of pyridine rings is 1. The van der Waals surface area contributed by atoms with Crippen molar-refractivity contribution in [2.45, 2.75) is 6.54 Å². The molecule has 0 bridgehead atoms. The molecule has 0 spiro atoms. The topological polar surface area (TPSA) is 35.1 Å². The van der Waals surface area contributed by atoms with Crippen LogP contribution in [0.5, 0.6) is 0 Å². The number of hydrogen-bond acceptors (Lipinski definition) is 2. The minimum absolute atomic E-state index is 0.442. The van der Waals surface area contributed by atoms with Crippen molar-refractivity contribution in [2.75, 3.05) is 0 Å². The van der Waals surface area contributed by atoms with Crippen LogP contribution < -0.4 is 0 Å². The molecule has 0 aliphatic carbocycles. The van der Waals surface area contributed by atoms with Gasteiger partial charge in [0.1, 0.15) is 0 Å². The van der Waals surface area contributed by atoms with Crippen LogP contribution in [-0.4, -0.2) is 14.5 Å². The van der Waals surface area contributed by atoms with E-state index < -0.39 is 0 Å². The van der Waals surface area contributed by atoms with Gasteiger partial charge in [-0.05, 0) is 23.2 Å². The summed E-state index contributed by atoms with van der Waals surface area (Å²) in [5, 5.41) is 0.442. The average Bonchev–Trinajstić information content (AvgIpc) is 2.76. The van der Waals surface area contributed by atoms with Gasteiger partial charge in [-0.3, -0.25) is 4.98 Å². The Bertz CT molecular complexity index is 768. The second-order valence-electron chi connectivity index (χ2n) is 4.11. The second-order valence-corrected chi connectivity index (χ2v) is 4.45. The summed E-state index contributed by atoms with van der Waals surface area (Å²) in [6.45, 7) is 7.54. The lowest BCUT2D eigenvalue weighted by molar-refractivity contribution is 0.824. The van der Waals surface area contributed by atoms with Gasteiger partial charge in [0, 0.05) is 6.20 Å². The molecular formula is C14H9ClN4. The lowest BCUT2D eigenvalue weighted by Gasteiger charge is -2.05. The van der Waals surface area contributed by atoms with Crippen molar-refractivity contribution in [1.29, 1.82) is 0 Å². The first-order chi connectivity index (χ1) is 9.28. The smallest absolute Gasteiger partial charge is 0.204 e. The molecule has 0 N–H and O–H groups in total. The van der Waals surface area contributed by atoms with Crippen molar-refractivity contribution >= 4 is 28.3 Å². The van der Waals surface area contributed by atoms with E-state index in [0.29, 0.717) is 17.5 Å². The fraction of sp³-hybridized carbons (Fsp3) is 0.0714. The molecule has 0 amide bonds. The Labute approximate surface area is 115 Å². The van der Waals surface area contributed by atoms with Gasteiger partial charge in [-0.2, -0.15) is 0 Å². The normalized spacial score (nSPS) is 10.5. The van der Waals surface area contributed by atoms with Crippen LogP contribution in [0.1, 0.15) is 5.56 Å². The molecule has 4 nitrogen and oxygen atoms in total. The van der Waals surface area contributed by atoms with Crippen LogP contribution in [0.2, 0.25) is 5.28 Å².